The number of aromatic nitrogens is 2. The van der Waals surface area contributed by atoms with Crippen molar-refractivity contribution < 1.29 is 0 Å². The average Bonchev–Trinajstić information content (AvgIpc) is 2.39. The van der Waals surface area contributed by atoms with E-state index in [-0.39, 0.29) is 0 Å². The summed E-state index contributed by atoms with van der Waals surface area (Å²) in [5, 5.41) is 0. The first-order valence-corrected chi connectivity index (χ1v) is 7.68. The quantitative estimate of drug-likeness (QED) is 0.817. The minimum absolute atomic E-state index is 0.421. The number of hydrogen-bond acceptors (Lipinski definition) is 3. The molecule has 3 heteroatoms. The lowest BCUT2D eigenvalue weighted by Gasteiger charge is -2.31. The van der Waals surface area contributed by atoms with Crippen LogP contribution < -0.4 is 0 Å². The predicted molar refractivity (Wildman–Crippen MR) is 77.0 cm³/mol. The highest BCUT2D eigenvalue weighted by molar-refractivity contribution is 5.22. The van der Waals surface area contributed by atoms with Crippen molar-refractivity contribution in [3.8, 4) is 0 Å². The minimum atomic E-state index is 0.421. The summed E-state index contributed by atoms with van der Waals surface area (Å²) in [6, 6.07) is 0. The lowest BCUT2D eigenvalue weighted by molar-refractivity contribution is 0.215. The summed E-state index contributed by atoms with van der Waals surface area (Å²) in [5.41, 5.74) is 3.10. The molecular weight excluding hydrogens is 234 g/mol. The predicted octanol–water partition coefficient (Wildman–Crippen LogP) is 2.98. The van der Waals surface area contributed by atoms with Crippen LogP contribution in [0.1, 0.15) is 56.6 Å². The van der Waals surface area contributed by atoms with E-state index in [1.807, 2.05) is 0 Å². The van der Waals surface area contributed by atoms with Crippen molar-refractivity contribution in [2.75, 3.05) is 13.1 Å². The van der Waals surface area contributed by atoms with Gasteiger partial charge in [-0.05, 0) is 56.2 Å². The molecule has 1 aromatic heterocycles. The lowest BCUT2D eigenvalue weighted by Crippen LogP contribution is -2.30. The highest BCUT2D eigenvalue weighted by Gasteiger charge is 2.26. The zero-order valence-electron chi connectivity index (χ0n) is 12.3. The van der Waals surface area contributed by atoms with Gasteiger partial charge >= 0.3 is 0 Å². The molecule has 2 heterocycles. The van der Waals surface area contributed by atoms with Gasteiger partial charge in [0.2, 0.25) is 0 Å². The van der Waals surface area contributed by atoms with Crippen molar-refractivity contribution in [3.63, 3.8) is 0 Å². The molecule has 3 nitrogen and oxygen atoms in total. The van der Waals surface area contributed by atoms with E-state index in [1.54, 1.807) is 0 Å². The topological polar surface area (TPSA) is 29.0 Å². The van der Waals surface area contributed by atoms with Crippen molar-refractivity contribution in [1.29, 1.82) is 0 Å². The molecule has 0 aromatic carbocycles. The number of rotatable bonds is 2. The second kappa shape index (κ2) is 5.20. The fraction of sp³-hybridized carbons (Fsp3) is 0.750. The van der Waals surface area contributed by atoms with E-state index in [4.69, 9.17) is 4.98 Å². The van der Waals surface area contributed by atoms with Crippen molar-refractivity contribution >= 4 is 0 Å². The van der Waals surface area contributed by atoms with Gasteiger partial charge in [-0.2, -0.15) is 0 Å². The molecule has 1 aliphatic carbocycles. The maximum absolute atomic E-state index is 4.82. The molecule has 104 valence electrons. The third kappa shape index (κ3) is 3.14. The van der Waals surface area contributed by atoms with Gasteiger partial charge < -0.3 is 0 Å². The summed E-state index contributed by atoms with van der Waals surface area (Å²) >= 11 is 0. The summed E-state index contributed by atoms with van der Waals surface area (Å²) in [4.78, 5) is 11.9. The van der Waals surface area contributed by atoms with Gasteiger partial charge in [0, 0.05) is 11.9 Å². The molecule has 0 spiro atoms. The molecular formula is C16H25N3. The van der Waals surface area contributed by atoms with Crippen LogP contribution >= 0.6 is 0 Å². The van der Waals surface area contributed by atoms with Crippen molar-refractivity contribution in [3.05, 3.63) is 23.3 Å². The Bertz CT molecular complexity index is 447. The Morgan fingerprint density at radius 3 is 2.79 bits per heavy atom. The van der Waals surface area contributed by atoms with Gasteiger partial charge in [0.15, 0.2) is 0 Å². The van der Waals surface area contributed by atoms with E-state index in [0.717, 1.165) is 25.2 Å². The van der Waals surface area contributed by atoms with Crippen LogP contribution in [0, 0.1) is 5.41 Å². The SMILES string of the molecule is CC1(C)CCc2nc(CN3CCCCC3)ncc2C1. The molecule has 0 N–H and O–H groups in total. The third-order valence-electron chi connectivity index (χ3n) is 4.53. The van der Waals surface area contributed by atoms with Crippen LogP contribution in [0.5, 0.6) is 0 Å². The standard InChI is InChI=1S/C16H25N3/c1-16(2)7-6-14-13(10-16)11-17-15(18-14)12-19-8-4-3-5-9-19/h11H,3-10,12H2,1-2H3. The van der Waals surface area contributed by atoms with Crippen LogP contribution in [0.25, 0.3) is 0 Å². The van der Waals surface area contributed by atoms with Crippen LogP contribution in [0.2, 0.25) is 0 Å². The first kappa shape index (κ1) is 13.0. The zero-order chi connectivity index (χ0) is 13.3. The lowest BCUT2D eigenvalue weighted by atomic mass is 9.76. The van der Waals surface area contributed by atoms with Gasteiger partial charge in [-0.1, -0.05) is 20.3 Å². The molecule has 3 rings (SSSR count). The molecule has 1 aliphatic heterocycles. The van der Waals surface area contributed by atoms with Gasteiger partial charge in [0.1, 0.15) is 5.82 Å². The molecule has 0 unspecified atom stereocenters. The summed E-state index contributed by atoms with van der Waals surface area (Å²) in [7, 11) is 0. The fourth-order valence-electron chi connectivity index (χ4n) is 3.30. The largest absolute Gasteiger partial charge is 0.296 e. The number of piperidine rings is 1. The van der Waals surface area contributed by atoms with E-state index >= 15 is 0 Å². The normalized spacial score (nSPS) is 23.1. The van der Waals surface area contributed by atoms with E-state index in [9.17, 15) is 0 Å². The molecule has 1 saturated heterocycles. The average molecular weight is 259 g/mol. The molecule has 0 atom stereocenters. The first-order chi connectivity index (χ1) is 9.12. The third-order valence-corrected chi connectivity index (χ3v) is 4.53. The fourth-order valence-corrected chi connectivity index (χ4v) is 3.30. The Morgan fingerprint density at radius 1 is 1.21 bits per heavy atom. The minimum Gasteiger partial charge on any atom is -0.296 e. The molecule has 2 aliphatic rings. The number of nitrogens with zero attached hydrogens (tertiary/aromatic N) is 3. The molecule has 0 saturated carbocycles. The van der Waals surface area contributed by atoms with E-state index in [1.165, 1.54) is 50.0 Å². The number of fused-ring (bicyclic) bond motifs is 1. The van der Waals surface area contributed by atoms with Gasteiger partial charge in [0.25, 0.3) is 0 Å². The second-order valence-electron chi connectivity index (χ2n) is 6.94. The Kier molecular flexibility index (Phi) is 3.57. The zero-order valence-corrected chi connectivity index (χ0v) is 12.3. The molecule has 1 fully saturated rings. The van der Waals surface area contributed by atoms with E-state index in [2.05, 4.69) is 29.9 Å². The van der Waals surface area contributed by atoms with Crippen LogP contribution in [-0.2, 0) is 19.4 Å². The van der Waals surface area contributed by atoms with Gasteiger partial charge in [0.05, 0.1) is 6.54 Å². The van der Waals surface area contributed by atoms with Crippen molar-refractivity contribution in [2.45, 2.75) is 58.9 Å². The molecule has 0 amide bonds. The smallest absolute Gasteiger partial charge is 0.142 e. The van der Waals surface area contributed by atoms with Crippen LogP contribution in [0.4, 0.5) is 0 Å². The number of aryl methyl sites for hydroxylation is 1. The van der Waals surface area contributed by atoms with Gasteiger partial charge in [-0.3, -0.25) is 4.90 Å². The van der Waals surface area contributed by atoms with Crippen molar-refractivity contribution in [2.24, 2.45) is 5.41 Å². The molecule has 0 radical (unpaired) electrons. The summed E-state index contributed by atoms with van der Waals surface area (Å²) in [6.45, 7) is 8.06. The second-order valence-corrected chi connectivity index (χ2v) is 6.94. The number of likely N-dealkylation sites (tertiary alicyclic amines) is 1. The molecule has 19 heavy (non-hydrogen) atoms. The summed E-state index contributed by atoms with van der Waals surface area (Å²) in [5.74, 6) is 1.03. The Balaban J connectivity index is 1.71. The van der Waals surface area contributed by atoms with Gasteiger partial charge in [-0.25, -0.2) is 9.97 Å². The Labute approximate surface area is 116 Å². The first-order valence-electron chi connectivity index (χ1n) is 7.68. The maximum atomic E-state index is 4.82. The van der Waals surface area contributed by atoms with Crippen molar-refractivity contribution in [1.82, 2.24) is 14.9 Å². The van der Waals surface area contributed by atoms with Crippen LogP contribution in [0.3, 0.4) is 0 Å². The maximum Gasteiger partial charge on any atom is 0.142 e. The highest BCUT2D eigenvalue weighted by atomic mass is 15.1. The van der Waals surface area contributed by atoms with E-state index in [0.29, 0.717) is 5.41 Å². The number of hydrogen-bond donors (Lipinski definition) is 0. The Hall–Kier alpha value is -0.960. The Morgan fingerprint density at radius 2 is 2.00 bits per heavy atom. The highest BCUT2D eigenvalue weighted by Crippen LogP contribution is 2.33. The van der Waals surface area contributed by atoms with E-state index < -0.39 is 0 Å². The summed E-state index contributed by atoms with van der Waals surface area (Å²) < 4.78 is 0. The molecule has 0 bridgehead atoms. The van der Waals surface area contributed by atoms with Gasteiger partial charge in [-0.15, -0.1) is 0 Å². The van der Waals surface area contributed by atoms with Crippen LogP contribution in [0.15, 0.2) is 6.20 Å². The van der Waals surface area contributed by atoms with Crippen LogP contribution in [-0.4, -0.2) is 28.0 Å². The molecule has 1 aromatic rings. The summed E-state index contributed by atoms with van der Waals surface area (Å²) in [6.07, 6.45) is 9.64. The monoisotopic (exact) mass is 259 g/mol.